The van der Waals surface area contributed by atoms with Gasteiger partial charge in [-0.15, -0.1) is 0 Å². The summed E-state index contributed by atoms with van der Waals surface area (Å²) in [5, 5.41) is 0. The smallest absolute Gasteiger partial charge is 0.228 e. The Kier molecular flexibility index (Phi) is 4.21. The minimum Gasteiger partial charge on any atom is -0.471 e. The van der Waals surface area contributed by atoms with Crippen LogP contribution in [0.5, 0.6) is 5.88 Å². The predicted molar refractivity (Wildman–Crippen MR) is 87.4 cm³/mol. The lowest BCUT2D eigenvalue weighted by molar-refractivity contribution is -0.137. The molecule has 4 rings (SSSR count). The third kappa shape index (κ3) is 3.14. The van der Waals surface area contributed by atoms with Crippen LogP contribution >= 0.6 is 0 Å². The van der Waals surface area contributed by atoms with Gasteiger partial charge in [0.25, 0.3) is 0 Å². The first kappa shape index (κ1) is 15.2. The van der Waals surface area contributed by atoms with Crippen LogP contribution < -0.4 is 4.74 Å². The lowest BCUT2D eigenvalue weighted by Crippen LogP contribution is -2.41. The molecule has 0 unspecified atom stereocenters. The molecule has 0 spiro atoms. The van der Waals surface area contributed by atoms with Crippen molar-refractivity contribution in [1.82, 2.24) is 14.5 Å². The molecule has 0 aromatic carbocycles. The summed E-state index contributed by atoms with van der Waals surface area (Å²) in [4.78, 5) is 19.0. The van der Waals surface area contributed by atoms with E-state index in [2.05, 4.69) is 15.6 Å². The SMILES string of the molecule is O=C([C@@H]1CCOC1)N1Cc2cccn2C[C@@H](Oc2ccccn2)C1. The normalized spacial score (nSPS) is 23.6. The van der Waals surface area contributed by atoms with E-state index in [0.29, 0.717) is 38.7 Å². The number of nitrogens with zero attached hydrogens (tertiary/aromatic N) is 3. The van der Waals surface area contributed by atoms with Crippen molar-refractivity contribution < 1.29 is 14.3 Å². The first-order valence-corrected chi connectivity index (χ1v) is 8.38. The first-order chi connectivity index (χ1) is 11.8. The fourth-order valence-corrected chi connectivity index (χ4v) is 3.37. The molecule has 0 bridgehead atoms. The minimum atomic E-state index is -0.125. The topological polar surface area (TPSA) is 56.6 Å². The summed E-state index contributed by atoms with van der Waals surface area (Å²) < 4.78 is 13.6. The standard InChI is InChI=1S/C18H21N3O3/c22-18(14-6-9-23-13-14)21-10-15-4-3-8-20(15)11-16(12-21)24-17-5-1-2-7-19-17/h1-5,7-8,14,16H,6,9-13H2/t14-,16-/m1/s1. The molecule has 1 amide bonds. The molecule has 6 nitrogen and oxygen atoms in total. The van der Waals surface area contributed by atoms with Gasteiger partial charge in [-0.2, -0.15) is 0 Å². The Labute approximate surface area is 141 Å². The van der Waals surface area contributed by atoms with E-state index in [1.165, 1.54) is 0 Å². The summed E-state index contributed by atoms with van der Waals surface area (Å²) in [6.45, 7) is 3.10. The van der Waals surface area contributed by atoms with Gasteiger partial charge in [0.2, 0.25) is 11.8 Å². The number of hydrogen-bond acceptors (Lipinski definition) is 4. The second-order valence-corrected chi connectivity index (χ2v) is 6.34. The van der Waals surface area contributed by atoms with Gasteiger partial charge in [0.05, 0.1) is 32.2 Å². The predicted octanol–water partition coefficient (Wildman–Crippen LogP) is 1.71. The van der Waals surface area contributed by atoms with Crippen LogP contribution in [0.3, 0.4) is 0 Å². The van der Waals surface area contributed by atoms with Crippen LogP contribution in [-0.4, -0.2) is 46.2 Å². The third-order valence-corrected chi connectivity index (χ3v) is 4.62. The quantitative estimate of drug-likeness (QED) is 0.861. The monoisotopic (exact) mass is 327 g/mol. The maximum Gasteiger partial charge on any atom is 0.228 e. The molecule has 2 aliphatic heterocycles. The number of rotatable bonds is 3. The first-order valence-electron chi connectivity index (χ1n) is 8.38. The van der Waals surface area contributed by atoms with Crippen LogP contribution in [0.15, 0.2) is 42.7 Å². The van der Waals surface area contributed by atoms with Crippen LogP contribution in [-0.2, 0) is 22.6 Å². The number of carbonyl (C=O) groups excluding carboxylic acids is 1. The average Bonchev–Trinajstić information content (AvgIpc) is 3.24. The fourth-order valence-electron chi connectivity index (χ4n) is 3.37. The number of pyridine rings is 1. The second-order valence-electron chi connectivity index (χ2n) is 6.34. The van der Waals surface area contributed by atoms with E-state index in [1.54, 1.807) is 6.20 Å². The van der Waals surface area contributed by atoms with Crippen LogP contribution in [0, 0.1) is 5.92 Å². The molecule has 126 valence electrons. The number of aromatic nitrogens is 2. The molecule has 0 aliphatic carbocycles. The van der Waals surface area contributed by atoms with Crippen molar-refractivity contribution >= 4 is 5.91 Å². The Hall–Kier alpha value is -2.34. The number of fused-ring (bicyclic) bond motifs is 1. The Morgan fingerprint density at radius 1 is 1.25 bits per heavy atom. The van der Waals surface area contributed by atoms with E-state index in [9.17, 15) is 4.79 Å². The van der Waals surface area contributed by atoms with Gasteiger partial charge in [-0.3, -0.25) is 4.79 Å². The summed E-state index contributed by atoms with van der Waals surface area (Å²) in [6, 6.07) is 9.69. The summed E-state index contributed by atoms with van der Waals surface area (Å²) in [7, 11) is 0. The number of ether oxygens (including phenoxy) is 2. The van der Waals surface area contributed by atoms with Crippen molar-refractivity contribution in [3.05, 3.63) is 48.4 Å². The molecular formula is C18H21N3O3. The van der Waals surface area contributed by atoms with E-state index in [4.69, 9.17) is 9.47 Å². The van der Waals surface area contributed by atoms with E-state index in [1.807, 2.05) is 35.4 Å². The molecule has 0 saturated carbocycles. The maximum atomic E-state index is 12.8. The highest BCUT2D eigenvalue weighted by molar-refractivity contribution is 5.79. The molecule has 2 aliphatic rings. The highest BCUT2D eigenvalue weighted by Crippen LogP contribution is 2.22. The lowest BCUT2D eigenvalue weighted by atomic mass is 10.1. The van der Waals surface area contributed by atoms with Gasteiger partial charge in [-0.05, 0) is 24.6 Å². The highest BCUT2D eigenvalue weighted by Gasteiger charge is 2.32. The van der Waals surface area contributed by atoms with E-state index in [0.717, 1.165) is 12.1 Å². The van der Waals surface area contributed by atoms with E-state index in [-0.39, 0.29) is 17.9 Å². The zero-order chi connectivity index (χ0) is 16.4. The molecule has 2 aromatic heterocycles. The fraction of sp³-hybridized carbons (Fsp3) is 0.444. The molecular weight excluding hydrogens is 306 g/mol. The van der Waals surface area contributed by atoms with Crippen LogP contribution in [0.4, 0.5) is 0 Å². The lowest BCUT2D eigenvalue weighted by Gasteiger charge is -2.26. The highest BCUT2D eigenvalue weighted by atomic mass is 16.5. The van der Waals surface area contributed by atoms with Gasteiger partial charge >= 0.3 is 0 Å². The molecule has 2 atom stereocenters. The van der Waals surface area contributed by atoms with Crippen molar-refractivity contribution in [2.75, 3.05) is 19.8 Å². The summed E-state index contributed by atoms with van der Waals surface area (Å²) in [5.74, 6) is 0.730. The minimum absolute atomic E-state index is 0.0259. The zero-order valence-electron chi connectivity index (χ0n) is 13.5. The molecule has 4 heterocycles. The Balaban J connectivity index is 1.55. The average molecular weight is 327 g/mol. The van der Waals surface area contributed by atoms with Crippen molar-refractivity contribution in [2.45, 2.75) is 25.6 Å². The molecule has 24 heavy (non-hydrogen) atoms. The molecule has 0 N–H and O–H groups in total. The molecule has 1 fully saturated rings. The molecule has 1 saturated heterocycles. The van der Waals surface area contributed by atoms with Crippen LogP contribution in [0.1, 0.15) is 12.1 Å². The molecule has 0 radical (unpaired) electrons. The summed E-state index contributed by atoms with van der Waals surface area (Å²) >= 11 is 0. The van der Waals surface area contributed by atoms with Gasteiger partial charge in [-0.1, -0.05) is 6.07 Å². The third-order valence-electron chi connectivity index (χ3n) is 4.62. The van der Waals surface area contributed by atoms with Gasteiger partial charge in [0, 0.05) is 30.8 Å². The van der Waals surface area contributed by atoms with Crippen molar-refractivity contribution in [2.24, 2.45) is 5.92 Å². The van der Waals surface area contributed by atoms with Gasteiger partial charge in [0.15, 0.2) is 0 Å². The maximum absolute atomic E-state index is 12.8. The van der Waals surface area contributed by atoms with Crippen molar-refractivity contribution in [3.63, 3.8) is 0 Å². The van der Waals surface area contributed by atoms with Crippen molar-refractivity contribution in [1.29, 1.82) is 0 Å². The number of hydrogen-bond donors (Lipinski definition) is 0. The molecule has 6 heteroatoms. The number of amides is 1. The van der Waals surface area contributed by atoms with Gasteiger partial charge in [-0.25, -0.2) is 4.98 Å². The van der Waals surface area contributed by atoms with Gasteiger partial charge in [0.1, 0.15) is 6.10 Å². The van der Waals surface area contributed by atoms with Gasteiger partial charge < -0.3 is 18.9 Å². The molecule has 2 aromatic rings. The van der Waals surface area contributed by atoms with Crippen molar-refractivity contribution in [3.8, 4) is 5.88 Å². The largest absolute Gasteiger partial charge is 0.471 e. The zero-order valence-corrected chi connectivity index (χ0v) is 13.5. The van der Waals surface area contributed by atoms with Crippen LogP contribution in [0.2, 0.25) is 0 Å². The Morgan fingerprint density at radius 3 is 3.00 bits per heavy atom. The van der Waals surface area contributed by atoms with E-state index >= 15 is 0 Å². The Bertz CT molecular complexity index is 695. The second kappa shape index (κ2) is 6.65. The van der Waals surface area contributed by atoms with E-state index < -0.39 is 0 Å². The summed E-state index contributed by atoms with van der Waals surface area (Å²) in [6.07, 6.45) is 4.44. The van der Waals surface area contributed by atoms with Crippen LogP contribution in [0.25, 0.3) is 0 Å². The summed E-state index contributed by atoms with van der Waals surface area (Å²) in [5.41, 5.74) is 1.13. The Morgan fingerprint density at radius 2 is 2.21 bits per heavy atom. The number of carbonyl (C=O) groups is 1.